The number of carbonyl (C=O) groups is 1. The molecule has 1 N–H and O–H groups in total. The number of anilines is 1. The van der Waals surface area contributed by atoms with Gasteiger partial charge in [0.2, 0.25) is 5.91 Å². The van der Waals surface area contributed by atoms with Crippen LogP contribution in [0.3, 0.4) is 0 Å². The van der Waals surface area contributed by atoms with E-state index >= 15 is 0 Å². The maximum Gasteiger partial charge on any atom is 0.223 e. The summed E-state index contributed by atoms with van der Waals surface area (Å²) < 4.78 is 5.98. The van der Waals surface area contributed by atoms with Gasteiger partial charge in [0.1, 0.15) is 0 Å². The molecule has 1 aliphatic carbocycles. The summed E-state index contributed by atoms with van der Waals surface area (Å²) in [6.45, 7) is 4.79. The van der Waals surface area contributed by atoms with Gasteiger partial charge in [-0.25, -0.2) is 0 Å². The normalized spacial score (nSPS) is 30.7. The van der Waals surface area contributed by atoms with Crippen LogP contribution in [0.25, 0.3) is 0 Å². The highest BCUT2D eigenvalue weighted by Gasteiger charge is 2.42. The van der Waals surface area contributed by atoms with Gasteiger partial charge in [-0.3, -0.25) is 4.79 Å². The number of amides is 1. The number of piperidine rings is 1. The molecule has 0 unspecified atom stereocenters. The van der Waals surface area contributed by atoms with Crippen LogP contribution in [0.2, 0.25) is 0 Å². The fourth-order valence-electron chi connectivity index (χ4n) is 3.97. The lowest BCUT2D eigenvalue weighted by atomic mass is 9.78. The van der Waals surface area contributed by atoms with E-state index in [1.165, 1.54) is 11.3 Å². The van der Waals surface area contributed by atoms with Crippen LogP contribution in [0, 0.1) is 18.8 Å². The Morgan fingerprint density at radius 3 is 2.70 bits per heavy atom. The van der Waals surface area contributed by atoms with Crippen LogP contribution < -0.4 is 10.2 Å². The Labute approximate surface area is 138 Å². The van der Waals surface area contributed by atoms with Gasteiger partial charge in [0, 0.05) is 43.3 Å². The quantitative estimate of drug-likeness (QED) is 0.932. The van der Waals surface area contributed by atoms with Gasteiger partial charge >= 0.3 is 0 Å². The molecule has 2 heterocycles. The fraction of sp³-hybridized carbons (Fsp3) is 0.632. The predicted octanol–water partition coefficient (Wildman–Crippen LogP) is 2.51. The van der Waals surface area contributed by atoms with E-state index in [0.29, 0.717) is 12.0 Å². The van der Waals surface area contributed by atoms with Gasteiger partial charge in [0.25, 0.3) is 0 Å². The smallest absolute Gasteiger partial charge is 0.223 e. The third-order valence-corrected chi connectivity index (χ3v) is 5.53. The summed E-state index contributed by atoms with van der Waals surface area (Å²) in [6, 6.07) is 9.16. The molecule has 4 heteroatoms. The third-order valence-electron chi connectivity index (χ3n) is 5.53. The summed E-state index contributed by atoms with van der Waals surface area (Å²) in [5.74, 6) is 0.691. The van der Waals surface area contributed by atoms with Gasteiger partial charge in [0.05, 0.1) is 6.10 Å². The third kappa shape index (κ3) is 3.23. The number of hydrogen-bond acceptors (Lipinski definition) is 3. The molecule has 2 saturated heterocycles. The largest absolute Gasteiger partial charge is 0.378 e. The van der Waals surface area contributed by atoms with Gasteiger partial charge in [-0.1, -0.05) is 17.7 Å². The molecule has 3 aliphatic rings. The maximum atomic E-state index is 12.6. The van der Waals surface area contributed by atoms with E-state index in [1.807, 2.05) is 0 Å². The molecular formula is C19H26N2O2. The molecule has 0 spiro atoms. The summed E-state index contributed by atoms with van der Waals surface area (Å²) in [7, 11) is 0. The molecule has 4 nitrogen and oxygen atoms in total. The number of aryl methyl sites for hydroxylation is 1. The molecule has 1 aromatic carbocycles. The lowest BCUT2D eigenvalue weighted by Crippen LogP contribution is -2.53. The Kier molecular flexibility index (Phi) is 4.02. The number of nitrogens with one attached hydrogen (secondary N) is 1. The van der Waals surface area contributed by atoms with Crippen molar-refractivity contribution < 1.29 is 9.53 Å². The average Bonchev–Trinajstić information content (AvgIpc) is 3.38. The molecule has 23 heavy (non-hydrogen) atoms. The number of ether oxygens (including phenoxy) is 1. The minimum absolute atomic E-state index is 0.114. The van der Waals surface area contributed by atoms with Crippen molar-refractivity contribution in [3.63, 3.8) is 0 Å². The van der Waals surface area contributed by atoms with E-state index in [2.05, 4.69) is 41.4 Å². The highest BCUT2D eigenvalue weighted by atomic mass is 16.5. The SMILES string of the molecule is Cc1ccc(N2CC[C@@H]3OCC[C@H](C(=O)NC4CC4)[C@H]3C2)cc1. The Balaban J connectivity index is 1.48. The molecule has 3 atom stereocenters. The monoisotopic (exact) mass is 314 g/mol. The molecule has 1 amide bonds. The number of rotatable bonds is 3. The van der Waals surface area contributed by atoms with E-state index in [9.17, 15) is 4.79 Å². The van der Waals surface area contributed by atoms with Gasteiger partial charge in [-0.05, 0) is 44.7 Å². The fourth-order valence-corrected chi connectivity index (χ4v) is 3.97. The highest BCUT2D eigenvalue weighted by Crippen LogP contribution is 2.35. The van der Waals surface area contributed by atoms with Crippen molar-refractivity contribution in [1.82, 2.24) is 5.32 Å². The van der Waals surface area contributed by atoms with Crippen molar-refractivity contribution in [2.75, 3.05) is 24.6 Å². The second kappa shape index (κ2) is 6.16. The molecular weight excluding hydrogens is 288 g/mol. The molecule has 3 fully saturated rings. The Hall–Kier alpha value is -1.55. The van der Waals surface area contributed by atoms with Crippen LogP contribution in [0.15, 0.2) is 24.3 Å². The first-order valence-electron chi connectivity index (χ1n) is 8.94. The first kappa shape index (κ1) is 15.0. The lowest BCUT2D eigenvalue weighted by molar-refractivity contribution is -0.137. The molecule has 4 rings (SSSR count). The molecule has 0 radical (unpaired) electrons. The van der Waals surface area contributed by atoms with Crippen LogP contribution >= 0.6 is 0 Å². The second-order valence-corrected chi connectivity index (χ2v) is 7.32. The summed E-state index contributed by atoms with van der Waals surface area (Å²) in [5.41, 5.74) is 2.55. The number of fused-ring (bicyclic) bond motifs is 1. The number of benzene rings is 1. The van der Waals surface area contributed by atoms with Gasteiger partial charge < -0.3 is 15.0 Å². The van der Waals surface area contributed by atoms with Gasteiger partial charge in [-0.15, -0.1) is 0 Å². The average molecular weight is 314 g/mol. The van der Waals surface area contributed by atoms with Crippen molar-refractivity contribution >= 4 is 11.6 Å². The maximum absolute atomic E-state index is 12.6. The first-order chi connectivity index (χ1) is 11.2. The standard InChI is InChI=1S/C19H26N2O2/c1-13-2-6-15(7-3-13)21-10-8-18-17(12-21)16(9-11-23-18)19(22)20-14-4-5-14/h2-3,6-7,14,16-18H,4-5,8-12H2,1H3,(H,20,22)/t16-,17+,18-/m0/s1. The molecule has 124 valence electrons. The lowest BCUT2D eigenvalue weighted by Gasteiger charge is -2.45. The van der Waals surface area contributed by atoms with Crippen molar-refractivity contribution in [2.45, 2.75) is 44.8 Å². The molecule has 0 bridgehead atoms. The van der Waals surface area contributed by atoms with Crippen LogP contribution in [-0.4, -0.2) is 37.7 Å². The Morgan fingerprint density at radius 1 is 1.17 bits per heavy atom. The van der Waals surface area contributed by atoms with Crippen molar-refractivity contribution in [3.05, 3.63) is 29.8 Å². The summed E-state index contributed by atoms with van der Waals surface area (Å²) >= 11 is 0. The number of hydrogen-bond donors (Lipinski definition) is 1. The zero-order valence-electron chi connectivity index (χ0n) is 13.8. The van der Waals surface area contributed by atoms with Crippen LogP contribution in [0.1, 0.15) is 31.2 Å². The van der Waals surface area contributed by atoms with E-state index < -0.39 is 0 Å². The topological polar surface area (TPSA) is 41.6 Å². The molecule has 2 aliphatic heterocycles. The minimum Gasteiger partial charge on any atom is -0.378 e. The van der Waals surface area contributed by atoms with Crippen molar-refractivity contribution in [2.24, 2.45) is 11.8 Å². The second-order valence-electron chi connectivity index (χ2n) is 7.32. The summed E-state index contributed by atoms with van der Waals surface area (Å²) in [4.78, 5) is 15.0. The molecule has 1 saturated carbocycles. The van der Waals surface area contributed by atoms with E-state index in [0.717, 1.165) is 45.4 Å². The van der Waals surface area contributed by atoms with Crippen LogP contribution in [0.4, 0.5) is 5.69 Å². The predicted molar refractivity (Wildman–Crippen MR) is 90.5 cm³/mol. The summed E-state index contributed by atoms with van der Waals surface area (Å²) in [6.07, 6.45) is 4.44. The van der Waals surface area contributed by atoms with E-state index in [4.69, 9.17) is 4.74 Å². The van der Waals surface area contributed by atoms with E-state index in [1.54, 1.807) is 0 Å². The zero-order valence-corrected chi connectivity index (χ0v) is 13.8. The Bertz CT molecular complexity index is 567. The minimum atomic E-state index is 0.114. The zero-order chi connectivity index (χ0) is 15.8. The summed E-state index contributed by atoms with van der Waals surface area (Å²) in [5, 5.41) is 3.21. The van der Waals surface area contributed by atoms with Crippen molar-refractivity contribution in [3.8, 4) is 0 Å². The molecule has 0 aromatic heterocycles. The van der Waals surface area contributed by atoms with Crippen LogP contribution in [0.5, 0.6) is 0 Å². The first-order valence-corrected chi connectivity index (χ1v) is 8.94. The number of carbonyl (C=O) groups excluding carboxylic acids is 1. The number of nitrogens with zero attached hydrogens (tertiary/aromatic N) is 1. The van der Waals surface area contributed by atoms with E-state index in [-0.39, 0.29) is 17.9 Å². The Morgan fingerprint density at radius 2 is 1.96 bits per heavy atom. The van der Waals surface area contributed by atoms with Gasteiger partial charge in [0.15, 0.2) is 0 Å². The highest BCUT2D eigenvalue weighted by molar-refractivity contribution is 5.80. The molecule has 1 aromatic rings. The van der Waals surface area contributed by atoms with Gasteiger partial charge in [-0.2, -0.15) is 0 Å². The van der Waals surface area contributed by atoms with Crippen LogP contribution in [-0.2, 0) is 9.53 Å². The van der Waals surface area contributed by atoms with Crippen molar-refractivity contribution in [1.29, 1.82) is 0 Å².